The Morgan fingerprint density at radius 3 is 1.95 bits per heavy atom. The van der Waals surface area contributed by atoms with E-state index in [2.05, 4.69) is 13.8 Å². The van der Waals surface area contributed by atoms with Crippen molar-refractivity contribution >= 4 is 7.92 Å². The van der Waals surface area contributed by atoms with Crippen LogP contribution in [0.2, 0.25) is 0 Å². The van der Waals surface area contributed by atoms with Crippen molar-refractivity contribution in [3.63, 3.8) is 0 Å². The van der Waals surface area contributed by atoms with E-state index in [1.54, 1.807) is 25.2 Å². The molecule has 0 N–H and O–H groups in total. The molecule has 0 saturated heterocycles. The average Bonchev–Trinajstić information content (AvgIpc) is 2.46. The molecule has 0 aromatic rings. The van der Waals surface area contributed by atoms with Gasteiger partial charge in [0.15, 0.2) is 0 Å². The predicted molar refractivity (Wildman–Crippen MR) is 91.8 cm³/mol. The molecule has 1 saturated carbocycles. The maximum Gasteiger partial charge on any atom is -0.0209 e. The van der Waals surface area contributed by atoms with Crippen LogP contribution in [-0.2, 0) is 0 Å². The van der Waals surface area contributed by atoms with E-state index in [1.165, 1.54) is 70.6 Å². The first-order valence-corrected chi connectivity index (χ1v) is 10.9. The van der Waals surface area contributed by atoms with Crippen LogP contribution in [0.15, 0.2) is 0 Å². The second kappa shape index (κ2) is 12.2. The van der Waals surface area contributed by atoms with E-state index in [1.807, 2.05) is 0 Å². The van der Waals surface area contributed by atoms with E-state index in [4.69, 9.17) is 0 Å². The predicted octanol–water partition coefficient (Wildman–Crippen LogP) is 6.96. The summed E-state index contributed by atoms with van der Waals surface area (Å²) >= 11 is 0. The van der Waals surface area contributed by atoms with Gasteiger partial charge in [0.2, 0.25) is 0 Å². The summed E-state index contributed by atoms with van der Waals surface area (Å²) < 4.78 is 0. The number of unbranched alkanes of at least 4 members (excludes halogenated alkanes) is 6. The van der Waals surface area contributed by atoms with Crippen LogP contribution in [0, 0.1) is 0 Å². The summed E-state index contributed by atoms with van der Waals surface area (Å²) in [6, 6.07) is 0. The monoisotopic (exact) mass is 284 g/mol. The van der Waals surface area contributed by atoms with Crippen molar-refractivity contribution in [1.82, 2.24) is 0 Å². The summed E-state index contributed by atoms with van der Waals surface area (Å²) in [5, 5.41) is 0. The summed E-state index contributed by atoms with van der Waals surface area (Å²) in [7, 11) is 0.391. The molecule has 0 amide bonds. The van der Waals surface area contributed by atoms with Gasteiger partial charge in [-0.3, -0.25) is 0 Å². The van der Waals surface area contributed by atoms with Crippen molar-refractivity contribution < 1.29 is 0 Å². The molecule has 1 unspecified atom stereocenters. The van der Waals surface area contributed by atoms with Gasteiger partial charge in [0.1, 0.15) is 0 Å². The van der Waals surface area contributed by atoms with Crippen molar-refractivity contribution in [3.8, 4) is 0 Å². The molecule has 0 radical (unpaired) electrons. The molecule has 0 spiro atoms. The molecule has 0 aromatic carbocycles. The van der Waals surface area contributed by atoms with Crippen molar-refractivity contribution in [1.29, 1.82) is 0 Å². The fraction of sp³-hybridized carbons (Fsp3) is 1.00. The van der Waals surface area contributed by atoms with Crippen LogP contribution in [0.1, 0.15) is 97.3 Å². The average molecular weight is 284 g/mol. The zero-order valence-corrected chi connectivity index (χ0v) is 14.5. The molecule has 0 heterocycles. The zero-order valence-electron chi connectivity index (χ0n) is 13.6. The quantitative estimate of drug-likeness (QED) is 0.284. The van der Waals surface area contributed by atoms with Crippen LogP contribution in [0.4, 0.5) is 0 Å². The Morgan fingerprint density at radius 1 is 0.684 bits per heavy atom. The van der Waals surface area contributed by atoms with Crippen LogP contribution in [0.3, 0.4) is 0 Å². The Morgan fingerprint density at radius 2 is 1.26 bits per heavy atom. The minimum Gasteiger partial charge on any atom is -0.104 e. The Balaban J connectivity index is 2.16. The molecule has 1 heteroatoms. The molecular formula is C18H37P. The third kappa shape index (κ3) is 8.34. The fourth-order valence-corrected chi connectivity index (χ4v) is 6.78. The molecule has 1 aliphatic rings. The Hall–Kier alpha value is 0.430. The number of rotatable bonds is 11. The van der Waals surface area contributed by atoms with Crippen molar-refractivity contribution in [2.24, 2.45) is 0 Å². The third-order valence-corrected chi connectivity index (χ3v) is 8.02. The minimum atomic E-state index is 0.391. The molecule has 0 bridgehead atoms. The normalized spacial score (nSPS) is 18.6. The minimum absolute atomic E-state index is 0.391. The van der Waals surface area contributed by atoms with Gasteiger partial charge in [-0.1, -0.05) is 71.6 Å². The van der Waals surface area contributed by atoms with Gasteiger partial charge in [-0.15, -0.1) is 7.92 Å². The zero-order chi connectivity index (χ0) is 13.8. The fourth-order valence-electron chi connectivity index (χ4n) is 3.38. The molecule has 0 aromatic heterocycles. The molecule has 1 atom stereocenters. The van der Waals surface area contributed by atoms with Gasteiger partial charge in [-0.2, -0.15) is 0 Å². The summed E-state index contributed by atoms with van der Waals surface area (Å²) in [6.45, 7) is 4.67. The number of hydrogen-bond acceptors (Lipinski definition) is 0. The topological polar surface area (TPSA) is 0 Å². The molecule has 19 heavy (non-hydrogen) atoms. The highest BCUT2D eigenvalue weighted by molar-refractivity contribution is 7.58. The van der Waals surface area contributed by atoms with Gasteiger partial charge < -0.3 is 0 Å². The second-order valence-corrected chi connectivity index (χ2v) is 9.25. The summed E-state index contributed by atoms with van der Waals surface area (Å²) in [5.41, 5.74) is 1.16. The highest BCUT2D eigenvalue weighted by Crippen LogP contribution is 2.49. The number of hydrogen-bond donors (Lipinski definition) is 0. The van der Waals surface area contributed by atoms with Gasteiger partial charge >= 0.3 is 0 Å². The lowest BCUT2D eigenvalue weighted by Crippen LogP contribution is -2.14. The molecule has 114 valence electrons. The van der Waals surface area contributed by atoms with E-state index in [0.717, 1.165) is 5.66 Å². The van der Waals surface area contributed by atoms with Gasteiger partial charge in [-0.05, 0) is 43.7 Å². The van der Waals surface area contributed by atoms with E-state index in [0.29, 0.717) is 7.92 Å². The first-order valence-electron chi connectivity index (χ1n) is 9.12. The second-order valence-electron chi connectivity index (χ2n) is 6.45. The first kappa shape index (κ1) is 17.5. The van der Waals surface area contributed by atoms with Crippen LogP contribution in [0.25, 0.3) is 0 Å². The van der Waals surface area contributed by atoms with Crippen molar-refractivity contribution in [2.75, 3.05) is 12.3 Å². The van der Waals surface area contributed by atoms with Crippen LogP contribution < -0.4 is 0 Å². The van der Waals surface area contributed by atoms with E-state index < -0.39 is 0 Å². The Bertz CT molecular complexity index is 184. The summed E-state index contributed by atoms with van der Waals surface area (Å²) in [5.74, 6) is 0. The van der Waals surface area contributed by atoms with Crippen molar-refractivity contribution in [2.45, 2.75) is 103 Å². The van der Waals surface area contributed by atoms with E-state index in [9.17, 15) is 0 Å². The van der Waals surface area contributed by atoms with Crippen LogP contribution >= 0.6 is 7.92 Å². The lowest BCUT2D eigenvalue weighted by molar-refractivity contribution is 0.509. The lowest BCUT2D eigenvalue weighted by atomic mass is 10.0. The maximum absolute atomic E-state index is 2.36. The SMILES string of the molecule is CCCCCCCCP(CCCC)C1CCCCC1. The highest BCUT2D eigenvalue weighted by atomic mass is 31.1. The molecular weight excluding hydrogens is 247 g/mol. The van der Waals surface area contributed by atoms with E-state index in [-0.39, 0.29) is 0 Å². The van der Waals surface area contributed by atoms with Gasteiger partial charge in [0, 0.05) is 0 Å². The molecule has 0 aliphatic heterocycles. The van der Waals surface area contributed by atoms with Crippen LogP contribution in [-0.4, -0.2) is 18.0 Å². The highest BCUT2D eigenvalue weighted by Gasteiger charge is 2.21. The van der Waals surface area contributed by atoms with Crippen molar-refractivity contribution in [3.05, 3.63) is 0 Å². The smallest absolute Gasteiger partial charge is 0.0209 e. The molecule has 1 fully saturated rings. The molecule has 0 nitrogen and oxygen atoms in total. The first-order chi connectivity index (χ1) is 9.38. The maximum atomic E-state index is 2.36. The summed E-state index contributed by atoms with van der Waals surface area (Å²) in [4.78, 5) is 0. The third-order valence-electron chi connectivity index (χ3n) is 4.69. The molecule has 1 aliphatic carbocycles. The standard InChI is InChI=1S/C18H37P/c1-3-5-7-8-9-13-17-19(16-6-4-2)18-14-11-10-12-15-18/h18H,3-17H2,1-2H3. The van der Waals surface area contributed by atoms with E-state index >= 15 is 0 Å². The van der Waals surface area contributed by atoms with Crippen LogP contribution in [0.5, 0.6) is 0 Å². The lowest BCUT2D eigenvalue weighted by Gasteiger charge is -2.31. The van der Waals surface area contributed by atoms with Gasteiger partial charge in [0.05, 0.1) is 0 Å². The Labute approximate surface area is 123 Å². The largest absolute Gasteiger partial charge is 0.104 e. The van der Waals surface area contributed by atoms with Gasteiger partial charge in [0.25, 0.3) is 0 Å². The summed E-state index contributed by atoms with van der Waals surface area (Å²) in [6.07, 6.45) is 22.7. The Kier molecular flexibility index (Phi) is 11.2. The van der Waals surface area contributed by atoms with Gasteiger partial charge in [-0.25, -0.2) is 0 Å². The molecule has 1 rings (SSSR count).